The second-order valence-electron chi connectivity index (χ2n) is 3.87. The topological polar surface area (TPSA) is 55.1 Å². The van der Waals surface area contributed by atoms with E-state index >= 15 is 0 Å². The van der Waals surface area contributed by atoms with Gasteiger partial charge in [-0.1, -0.05) is 12.3 Å². The number of hydrogen-bond donors (Lipinski definition) is 1. The van der Waals surface area contributed by atoms with Crippen molar-refractivity contribution in [2.75, 3.05) is 0 Å². The van der Waals surface area contributed by atoms with Gasteiger partial charge in [-0.05, 0) is 12.8 Å². The van der Waals surface area contributed by atoms with Gasteiger partial charge in [0.1, 0.15) is 6.54 Å². The highest BCUT2D eigenvalue weighted by molar-refractivity contribution is 5.82. The third kappa shape index (κ3) is 1.40. The number of rotatable bonds is 3. The van der Waals surface area contributed by atoms with E-state index < -0.39 is 11.4 Å². The third-order valence-electron chi connectivity index (χ3n) is 3.06. The molecule has 0 bridgehead atoms. The molecule has 0 unspecified atom stereocenters. The molecule has 78 valence electrons. The predicted octanol–water partition coefficient (Wildman–Crippen LogP) is 1.02. The lowest BCUT2D eigenvalue weighted by Crippen LogP contribution is -2.42. The molecule has 1 aliphatic rings. The molecule has 4 heteroatoms. The number of carbonyl (C=O) groups is 1. The summed E-state index contributed by atoms with van der Waals surface area (Å²) in [4.78, 5) is 11.2. The van der Waals surface area contributed by atoms with E-state index in [1.807, 2.05) is 0 Å². The van der Waals surface area contributed by atoms with Gasteiger partial charge in [0.15, 0.2) is 0 Å². The molecule has 4 nitrogen and oxygen atoms in total. The number of aliphatic carboxylic acids is 1. The smallest absolute Gasteiger partial charge is 0.314 e. The van der Waals surface area contributed by atoms with Gasteiger partial charge < -0.3 is 5.11 Å². The van der Waals surface area contributed by atoms with Gasteiger partial charge in [0, 0.05) is 11.8 Å². The number of carboxylic acid groups (broad SMARTS) is 1. The van der Waals surface area contributed by atoms with E-state index in [0.29, 0.717) is 19.4 Å². The molecule has 1 fully saturated rings. The number of aromatic nitrogens is 2. The van der Waals surface area contributed by atoms with Crippen molar-refractivity contribution in [3.05, 3.63) is 18.0 Å². The van der Waals surface area contributed by atoms with Gasteiger partial charge in [0.25, 0.3) is 0 Å². The van der Waals surface area contributed by atoms with Crippen LogP contribution >= 0.6 is 0 Å². The highest BCUT2D eigenvalue weighted by Gasteiger charge is 2.46. The third-order valence-corrected chi connectivity index (χ3v) is 3.06. The molecule has 1 aromatic rings. The van der Waals surface area contributed by atoms with Crippen LogP contribution in [0.3, 0.4) is 0 Å². The second-order valence-corrected chi connectivity index (χ2v) is 3.87. The molecule has 1 N–H and O–H groups in total. The average molecular weight is 204 g/mol. The Morgan fingerprint density at radius 1 is 1.73 bits per heavy atom. The number of hydrogen-bond acceptors (Lipinski definition) is 2. The monoisotopic (exact) mass is 204 g/mol. The maximum Gasteiger partial charge on any atom is 0.314 e. The molecule has 0 spiro atoms. The Bertz CT molecular complexity index is 424. The van der Waals surface area contributed by atoms with Crippen molar-refractivity contribution >= 4 is 5.97 Å². The molecule has 0 radical (unpaired) electrons. The minimum Gasteiger partial charge on any atom is -0.481 e. The number of terminal acetylenes is 1. The SMILES string of the molecule is C#CCn1cc(C2(C(=O)O)CCC2)cn1. The largest absolute Gasteiger partial charge is 0.481 e. The van der Waals surface area contributed by atoms with Crippen LogP contribution in [0.4, 0.5) is 0 Å². The minimum absolute atomic E-state index is 0.385. The molecule has 0 aliphatic heterocycles. The van der Waals surface area contributed by atoms with Gasteiger partial charge in [0.2, 0.25) is 0 Å². The lowest BCUT2D eigenvalue weighted by molar-refractivity contribution is -0.147. The molecular weight excluding hydrogens is 192 g/mol. The van der Waals surface area contributed by atoms with Crippen LogP contribution in [0.2, 0.25) is 0 Å². The normalized spacial score (nSPS) is 17.8. The van der Waals surface area contributed by atoms with E-state index in [4.69, 9.17) is 6.42 Å². The van der Waals surface area contributed by atoms with Crippen molar-refractivity contribution in [3.8, 4) is 12.3 Å². The minimum atomic E-state index is -0.756. The summed E-state index contributed by atoms with van der Waals surface area (Å²) >= 11 is 0. The zero-order valence-electron chi connectivity index (χ0n) is 8.31. The summed E-state index contributed by atoms with van der Waals surface area (Å²) in [6.45, 7) is 0.385. The summed E-state index contributed by atoms with van der Waals surface area (Å²) in [5, 5.41) is 13.2. The summed E-state index contributed by atoms with van der Waals surface area (Å²) in [6, 6.07) is 0. The Morgan fingerprint density at radius 2 is 2.47 bits per heavy atom. The first-order chi connectivity index (χ1) is 7.19. The average Bonchev–Trinajstić information content (AvgIpc) is 2.51. The molecule has 0 atom stereocenters. The van der Waals surface area contributed by atoms with Crippen molar-refractivity contribution in [1.82, 2.24) is 9.78 Å². The van der Waals surface area contributed by atoms with E-state index in [2.05, 4.69) is 11.0 Å². The van der Waals surface area contributed by atoms with Crippen LogP contribution in [0.5, 0.6) is 0 Å². The Kier molecular flexibility index (Phi) is 2.24. The molecule has 0 saturated heterocycles. The van der Waals surface area contributed by atoms with Crippen molar-refractivity contribution in [1.29, 1.82) is 0 Å². The molecule has 0 amide bonds. The van der Waals surface area contributed by atoms with Crippen LogP contribution in [0, 0.1) is 12.3 Å². The molecule has 1 aromatic heterocycles. The van der Waals surface area contributed by atoms with Crippen LogP contribution in [-0.4, -0.2) is 20.9 Å². The fourth-order valence-corrected chi connectivity index (χ4v) is 1.95. The number of carboxylic acids is 1. The van der Waals surface area contributed by atoms with Crippen molar-refractivity contribution in [2.45, 2.75) is 31.2 Å². The van der Waals surface area contributed by atoms with Gasteiger partial charge in [-0.3, -0.25) is 9.48 Å². The van der Waals surface area contributed by atoms with E-state index in [1.165, 1.54) is 0 Å². The van der Waals surface area contributed by atoms with Crippen LogP contribution in [0.1, 0.15) is 24.8 Å². The molecule has 0 aromatic carbocycles. The van der Waals surface area contributed by atoms with Crippen molar-refractivity contribution in [3.63, 3.8) is 0 Å². The van der Waals surface area contributed by atoms with Crippen LogP contribution in [-0.2, 0) is 16.8 Å². The van der Waals surface area contributed by atoms with Crippen LogP contribution in [0.15, 0.2) is 12.4 Å². The van der Waals surface area contributed by atoms with Gasteiger partial charge in [-0.15, -0.1) is 6.42 Å². The lowest BCUT2D eigenvalue weighted by Gasteiger charge is -2.36. The standard InChI is InChI=1S/C11H12N2O2/c1-2-6-13-8-9(7-12-13)11(10(14)15)4-3-5-11/h1,7-8H,3-6H2,(H,14,15). The van der Waals surface area contributed by atoms with Gasteiger partial charge in [-0.2, -0.15) is 5.10 Å². The zero-order chi connectivity index (χ0) is 10.9. The van der Waals surface area contributed by atoms with Gasteiger partial charge in [0.05, 0.1) is 11.6 Å². The Labute approximate surface area is 87.9 Å². The van der Waals surface area contributed by atoms with E-state index in [0.717, 1.165) is 12.0 Å². The molecule has 1 saturated carbocycles. The first-order valence-corrected chi connectivity index (χ1v) is 4.89. The second kappa shape index (κ2) is 3.43. The summed E-state index contributed by atoms with van der Waals surface area (Å²) in [7, 11) is 0. The first-order valence-electron chi connectivity index (χ1n) is 4.89. The van der Waals surface area contributed by atoms with Gasteiger partial charge >= 0.3 is 5.97 Å². The van der Waals surface area contributed by atoms with Crippen LogP contribution in [0.25, 0.3) is 0 Å². The summed E-state index contributed by atoms with van der Waals surface area (Å²) in [5.74, 6) is 1.71. The Morgan fingerprint density at radius 3 is 2.93 bits per heavy atom. The highest BCUT2D eigenvalue weighted by Crippen LogP contribution is 2.43. The first kappa shape index (κ1) is 9.78. The van der Waals surface area contributed by atoms with Crippen molar-refractivity contribution < 1.29 is 9.90 Å². The summed E-state index contributed by atoms with van der Waals surface area (Å²) in [5.41, 5.74) is 0.0730. The molecule has 1 aliphatic carbocycles. The fraction of sp³-hybridized carbons (Fsp3) is 0.455. The van der Waals surface area contributed by atoms with Crippen molar-refractivity contribution in [2.24, 2.45) is 0 Å². The molecule has 1 heterocycles. The maximum absolute atomic E-state index is 11.2. The number of nitrogens with zero attached hydrogens (tertiary/aromatic N) is 2. The highest BCUT2D eigenvalue weighted by atomic mass is 16.4. The van der Waals surface area contributed by atoms with Gasteiger partial charge in [-0.25, -0.2) is 0 Å². The predicted molar refractivity (Wildman–Crippen MR) is 54.2 cm³/mol. The Hall–Kier alpha value is -1.76. The Balaban J connectivity index is 2.28. The fourth-order valence-electron chi connectivity index (χ4n) is 1.95. The lowest BCUT2D eigenvalue weighted by atomic mass is 9.65. The van der Waals surface area contributed by atoms with E-state index in [1.54, 1.807) is 17.1 Å². The molecular formula is C11H12N2O2. The zero-order valence-corrected chi connectivity index (χ0v) is 8.31. The van der Waals surface area contributed by atoms with Crippen LogP contribution < -0.4 is 0 Å². The quantitative estimate of drug-likeness (QED) is 0.748. The maximum atomic E-state index is 11.2. The van der Waals surface area contributed by atoms with E-state index in [-0.39, 0.29) is 0 Å². The van der Waals surface area contributed by atoms with E-state index in [9.17, 15) is 9.90 Å². The molecule has 15 heavy (non-hydrogen) atoms. The summed E-state index contributed by atoms with van der Waals surface area (Å²) < 4.78 is 1.60. The summed E-state index contributed by atoms with van der Waals surface area (Å²) in [6.07, 6.45) is 10.9. The molecule has 2 rings (SSSR count).